The minimum Gasteiger partial charge on any atom is -0.327 e. The van der Waals surface area contributed by atoms with Crippen LogP contribution in [-0.2, 0) is 4.79 Å². The molecule has 1 saturated carbocycles. The molecule has 0 aliphatic heterocycles. The topological polar surface area (TPSA) is 43.1 Å². The predicted molar refractivity (Wildman–Crippen MR) is 49.8 cm³/mol. The molecule has 2 nitrogen and oxygen atoms in total. The Morgan fingerprint density at radius 3 is 2.83 bits per heavy atom. The van der Waals surface area contributed by atoms with Crippen molar-refractivity contribution in [2.45, 2.75) is 38.1 Å². The Kier molecular flexibility index (Phi) is 3.48. The lowest BCUT2D eigenvalue weighted by Gasteiger charge is -2.12. The van der Waals surface area contributed by atoms with Gasteiger partial charge in [-0.1, -0.05) is 12.5 Å². The van der Waals surface area contributed by atoms with Crippen LogP contribution < -0.4 is 5.73 Å². The first-order valence-electron chi connectivity index (χ1n) is 4.65. The maximum absolute atomic E-state index is 11.5. The lowest BCUT2D eigenvalue weighted by atomic mass is 9.96. The van der Waals surface area contributed by atoms with Gasteiger partial charge in [0.05, 0.1) is 0 Å². The molecule has 0 amide bonds. The first kappa shape index (κ1) is 9.46. The van der Waals surface area contributed by atoms with Gasteiger partial charge in [0.2, 0.25) is 0 Å². The highest BCUT2D eigenvalue weighted by Gasteiger charge is 2.28. The highest BCUT2D eigenvalue weighted by Crippen LogP contribution is 2.25. The smallest absolute Gasteiger partial charge is 0.137 e. The van der Waals surface area contributed by atoms with E-state index in [1.165, 1.54) is 0 Å². The van der Waals surface area contributed by atoms with Crippen LogP contribution in [0.1, 0.15) is 32.1 Å². The maximum Gasteiger partial charge on any atom is 0.137 e. The van der Waals surface area contributed by atoms with Gasteiger partial charge < -0.3 is 5.73 Å². The number of nitrogens with two attached hydrogens (primary N) is 1. The zero-order valence-electron chi connectivity index (χ0n) is 7.46. The quantitative estimate of drug-likeness (QED) is 0.647. The van der Waals surface area contributed by atoms with Crippen molar-refractivity contribution < 1.29 is 4.79 Å². The normalized spacial score (nSPS) is 28.8. The number of allylic oxidation sites excluding steroid dienone is 1. The number of ketones is 1. The number of Topliss-reactive ketones (excluding diaryl/α,β-unsaturated/α-hetero) is 1. The van der Waals surface area contributed by atoms with Crippen LogP contribution in [0, 0.1) is 5.92 Å². The average molecular weight is 167 g/mol. The second kappa shape index (κ2) is 4.41. The molecule has 0 heterocycles. The fraction of sp³-hybridized carbons (Fsp3) is 0.700. The molecular weight excluding hydrogens is 150 g/mol. The highest BCUT2D eigenvalue weighted by molar-refractivity contribution is 5.82. The maximum atomic E-state index is 11.5. The first-order chi connectivity index (χ1) is 5.75. The van der Waals surface area contributed by atoms with Crippen molar-refractivity contribution >= 4 is 5.78 Å². The lowest BCUT2D eigenvalue weighted by Crippen LogP contribution is -2.30. The summed E-state index contributed by atoms with van der Waals surface area (Å²) < 4.78 is 0. The third-order valence-corrected chi connectivity index (χ3v) is 2.58. The van der Waals surface area contributed by atoms with Crippen LogP contribution in [0.5, 0.6) is 0 Å². The van der Waals surface area contributed by atoms with E-state index in [1.54, 1.807) is 6.08 Å². The van der Waals surface area contributed by atoms with E-state index in [1.807, 2.05) is 0 Å². The molecule has 0 bridgehead atoms. The van der Waals surface area contributed by atoms with Crippen LogP contribution in [0.15, 0.2) is 12.7 Å². The molecule has 0 aromatic heterocycles. The fourth-order valence-electron chi connectivity index (χ4n) is 1.82. The first-order valence-corrected chi connectivity index (χ1v) is 4.65. The minimum atomic E-state index is 0.127. The standard InChI is InChI=1S/C10H17NO/c1-2-3-7-10(12)8-5-4-6-9(8)11/h2,8-9H,1,3-7,11H2. The number of carbonyl (C=O) groups is 1. The Hall–Kier alpha value is -0.630. The van der Waals surface area contributed by atoms with Gasteiger partial charge in [-0.2, -0.15) is 0 Å². The van der Waals surface area contributed by atoms with Gasteiger partial charge >= 0.3 is 0 Å². The zero-order chi connectivity index (χ0) is 8.97. The van der Waals surface area contributed by atoms with E-state index in [0.717, 1.165) is 25.7 Å². The summed E-state index contributed by atoms with van der Waals surface area (Å²) in [5.41, 5.74) is 5.80. The summed E-state index contributed by atoms with van der Waals surface area (Å²) in [5, 5.41) is 0. The van der Waals surface area contributed by atoms with Crippen molar-refractivity contribution in [3.8, 4) is 0 Å². The van der Waals surface area contributed by atoms with E-state index >= 15 is 0 Å². The van der Waals surface area contributed by atoms with Gasteiger partial charge in [-0.15, -0.1) is 6.58 Å². The molecule has 2 N–H and O–H groups in total. The van der Waals surface area contributed by atoms with Gasteiger partial charge in [0, 0.05) is 18.4 Å². The van der Waals surface area contributed by atoms with Crippen LogP contribution >= 0.6 is 0 Å². The molecule has 1 aliphatic carbocycles. The number of hydrogen-bond donors (Lipinski definition) is 1. The molecule has 68 valence electrons. The van der Waals surface area contributed by atoms with Crippen LogP contribution in [-0.4, -0.2) is 11.8 Å². The summed E-state index contributed by atoms with van der Waals surface area (Å²) in [4.78, 5) is 11.5. The van der Waals surface area contributed by atoms with E-state index in [-0.39, 0.29) is 12.0 Å². The molecule has 12 heavy (non-hydrogen) atoms. The predicted octanol–water partition coefficient (Wildman–Crippen LogP) is 1.65. The molecule has 1 fully saturated rings. The Morgan fingerprint density at radius 2 is 2.33 bits per heavy atom. The van der Waals surface area contributed by atoms with Gasteiger partial charge in [-0.05, 0) is 19.3 Å². The molecule has 0 spiro atoms. The lowest BCUT2D eigenvalue weighted by molar-refractivity contribution is -0.122. The summed E-state index contributed by atoms with van der Waals surface area (Å²) in [6, 6.07) is 0.127. The summed E-state index contributed by atoms with van der Waals surface area (Å²) >= 11 is 0. The van der Waals surface area contributed by atoms with Crippen LogP contribution in [0.2, 0.25) is 0 Å². The monoisotopic (exact) mass is 167 g/mol. The number of hydrogen-bond acceptors (Lipinski definition) is 2. The largest absolute Gasteiger partial charge is 0.327 e. The fourth-order valence-corrected chi connectivity index (χ4v) is 1.82. The zero-order valence-corrected chi connectivity index (χ0v) is 7.46. The van der Waals surface area contributed by atoms with Gasteiger partial charge in [0.25, 0.3) is 0 Å². The van der Waals surface area contributed by atoms with Crippen LogP contribution in [0.4, 0.5) is 0 Å². The molecule has 2 heteroatoms. The molecule has 2 unspecified atom stereocenters. The van der Waals surface area contributed by atoms with E-state index < -0.39 is 0 Å². The van der Waals surface area contributed by atoms with E-state index in [4.69, 9.17) is 5.73 Å². The van der Waals surface area contributed by atoms with Crippen LogP contribution in [0.3, 0.4) is 0 Å². The molecular formula is C10H17NO. The highest BCUT2D eigenvalue weighted by atomic mass is 16.1. The van der Waals surface area contributed by atoms with Gasteiger partial charge in [-0.3, -0.25) is 4.79 Å². The minimum absolute atomic E-state index is 0.127. The van der Waals surface area contributed by atoms with Crippen molar-refractivity contribution in [1.29, 1.82) is 0 Å². The summed E-state index contributed by atoms with van der Waals surface area (Å²) in [6.07, 6.45) is 6.34. The molecule has 1 rings (SSSR count). The van der Waals surface area contributed by atoms with Gasteiger partial charge in [0.1, 0.15) is 5.78 Å². The van der Waals surface area contributed by atoms with Crippen molar-refractivity contribution in [3.05, 3.63) is 12.7 Å². The van der Waals surface area contributed by atoms with Crippen molar-refractivity contribution in [3.63, 3.8) is 0 Å². The Bertz CT molecular complexity index is 177. The van der Waals surface area contributed by atoms with Crippen molar-refractivity contribution in [2.75, 3.05) is 0 Å². The van der Waals surface area contributed by atoms with Gasteiger partial charge in [-0.25, -0.2) is 0 Å². The summed E-state index contributed by atoms with van der Waals surface area (Å²) in [6.45, 7) is 3.59. The van der Waals surface area contributed by atoms with E-state index in [2.05, 4.69) is 6.58 Å². The molecule has 2 atom stereocenters. The second-order valence-corrected chi connectivity index (χ2v) is 3.49. The van der Waals surface area contributed by atoms with E-state index in [9.17, 15) is 4.79 Å². The second-order valence-electron chi connectivity index (χ2n) is 3.49. The molecule has 0 aromatic rings. The molecule has 0 radical (unpaired) electrons. The average Bonchev–Trinajstić information content (AvgIpc) is 2.47. The van der Waals surface area contributed by atoms with Crippen LogP contribution in [0.25, 0.3) is 0 Å². The summed E-state index contributed by atoms with van der Waals surface area (Å²) in [5.74, 6) is 0.477. The Morgan fingerprint density at radius 1 is 1.58 bits per heavy atom. The van der Waals surface area contributed by atoms with E-state index in [0.29, 0.717) is 12.2 Å². The number of carbonyl (C=O) groups excluding carboxylic acids is 1. The van der Waals surface area contributed by atoms with Crippen molar-refractivity contribution in [2.24, 2.45) is 11.7 Å². The summed E-state index contributed by atoms with van der Waals surface area (Å²) in [7, 11) is 0. The SMILES string of the molecule is C=CCCC(=O)C1CCCC1N. The Balaban J connectivity index is 2.35. The Labute approximate surface area is 73.8 Å². The molecule has 1 aliphatic rings. The molecule has 0 aromatic carbocycles. The van der Waals surface area contributed by atoms with Gasteiger partial charge in [0.15, 0.2) is 0 Å². The van der Waals surface area contributed by atoms with Crippen molar-refractivity contribution in [1.82, 2.24) is 0 Å². The number of rotatable bonds is 4. The molecule has 0 saturated heterocycles. The third kappa shape index (κ3) is 2.18. The third-order valence-electron chi connectivity index (χ3n) is 2.58.